The number of rotatable bonds is 6. The van der Waals surface area contributed by atoms with Gasteiger partial charge in [-0.3, -0.25) is 19.5 Å². The van der Waals surface area contributed by atoms with Crippen LogP contribution in [0.4, 0.5) is 5.69 Å². The van der Waals surface area contributed by atoms with Crippen molar-refractivity contribution in [2.75, 3.05) is 6.61 Å². The lowest BCUT2D eigenvalue weighted by atomic mass is 9.96. The molecule has 0 amide bonds. The number of benzene rings is 2. The van der Waals surface area contributed by atoms with Gasteiger partial charge < -0.3 is 9.15 Å². The molecule has 2 aromatic heterocycles. The third kappa shape index (κ3) is 4.50. The van der Waals surface area contributed by atoms with E-state index >= 15 is 0 Å². The van der Waals surface area contributed by atoms with Crippen molar-refractivity contribution in [1.82, 2.24) is 4.57 Å². The second-order valence-corrected chi connectivity index (χ2v) is 9.70. The molecule has 0 fully saturated rings. The van der Waals surface area contributed by atoms with Crippen LogP contribution in [-0.2, 0) is 9.53 Å². The maximum atomic E-state index is 13.7. The average Bonchev–Trinajstić information content (AvgIpc) is 3.48. The lowest BCUT2D eigenvalue weighted by molar-refractivity contribution is -0.384. The van der Waals surface area contributed by atoms with Crippen LogP contribution in [0.15, 0.2) is 86.1 Å². The number of aromatic nitrogens is 1. The summed E-state index contributed by atoms with van der Waals surface area (Å²) < 4.78 is 13.0. The number of thiazole rings is 1. The zero-order valence-electron chi connectivity index (χ0n) is 20.8. The molecule has 0 radical (unpaired) electrons. The van der Waals surface area contributed by atoms with Gasteiger partial charge in [0.1, 0.15) is 11.5 Å². The molecule has 10 heteroatoms. The lowest BCUT2D eigenvalue weighted by Crippen LogP contribution is -2.39. The highest BCUT2D eigenvalue weighted by atomic mass is 32.1. The fourth-order valence-corrected chi connectivity index (χ4v) is 5.47. The molecule has 0 bridgehead atoms. The summed E-state index contributed by atoms with van der Waals surface area (Å²) >= 11 is 1.17. The molecular weight excluding hydrogens is 506 g/mol. The van der Waals surface area contributed by atoms with Gasteiger partial charge in [0.05, 0.1) is 38.9 Å². The van der Waals surface area contributed by atoms with Gasteiger partial charge in [0.25, 0.3) is 11.2 Å². The van der Waals surface area contributed by atoms with Crippen LogP contribution >= 0.6 is 11.3 Å². The smallest absolute Gasteiger partial charge is 0.338 e. The molecule has 0 saturated heterocycles. The predicted molar refractivity (Wildman–Crippen MR) is 142 cm³/mol. The second-order valence-electron chi connectivity index (χ2n) is 8.69. The molecule has 38 heavy (non-hydrogen) atoms. The number of hydrogen-bond acceptors (Lipinski definition) is 8. The molecule has 0 saturated carbocycles. The molecule has 5 rings (SSSR count). The Kier molecular flexibility index (Phi) is 6.64. The molecule has 4 aromatic rings. The van der Waals surface area contributed by atoms with E-state index in [1.807, 2.05) is 30.3 Å². The number of esters is 1. The summed E-state index contributed by atoms with van der Waals surface area (Å²) in [6.45, 7) is 5.43. The molecule has 0 unspecified atom stereocenters. The monoisotopic (exact) mass is 529 g/mol. The maximum Gasteiger partial charge on any atom is 0.338 e. The van der Waals surface area contributed by atoms with E-state index in [9.17, 15) is 19.7 Å². The lowest BCUT2D eigenvalue weighted by Gasteiger charge is -2.24. The third-order valence-electron chi connectivity index (χ3n) is 6.15. The van der Waals surface area contributed by atoms with Crippen molar-refractivity contribution in [3.05, 3.63) is 119 Å². The number of carbonyl (C=O) groups excluding carboxylic acids is 1. The summed E-state index contributed by atoms with van der Waals surface area (Å²) in [4.78, 5) is 42.7. The number of fused-ring (bicyclic) bond motifs is 1. The average molecular weight is 530 g/mol. The Labute approximate surface area is 220 Å². The van der Waals surface area contributed by atoms with Crippen LogP contribution < -0.4 is 14.9 Å². The van der Waals surface area contributed by atoms with Gasteiger partial charge in [0, 0.05) is 12.1 Å². The van der Waals surface area contributed by atoms with Gasteiger partial charge in [-0.05, 0) is 50.1 Å². The largest absolute Gasteiger partial charge is 0.463 e. The Morgan fingerprint density at radius 2 is 1.95 bits per heavy atom. The van der Waals surface area contributed by atoms with Gasteiger partial charge in [-0.15, -0.1) is 0 Å². The van der Waals surface area contributed by atoms with Gasteiger partial charge in [0.15, 0.2) is 4.80 Å². The molecular formula is C28H23N3O6S. The van der Waals surface area contributed by atoms with Crippen molar-refractivity contribution >= 4 is 29.1 Å². The molecule has 0 spiro atoms. The first-order chi connectivity index (χ1) is 18.3. The van der Waals surface area contributed by atoms with Crippen molar-refractivity contribution in [3.63, 3.8) is 0 Å². The third-order valence-corrected chi connectivity index (χ3v) is 7.13. The summed E-state index contributed by atoms with van der Waals surface area (Å²) in [7, 11) is 0. The second kappa shape index (κ2) is 10.1. The first-order valence-electron chi connectivity index (χ1n) is 11.9. The number of allylic oxidation sites excluding steroid dienone is 1. The van der Waals surface area contributed by atoms with Crippen LogP contribution in [0.3, 0.4) is 0 Å². The SMILES string of the molecule is CCOC(=O)C1=C(C)N=c2s/c(=C/c3ccc(-c4ccc(C)cc4[N+](=O)[O-])o3)c(=O)n2[C@H]1c1ccccc1. The summed E-state index contributed by atoms with van der Waals surface area (Å²) in [5.74, 6) is 0.156. The zero-order chi connectivity index (χ0) is 27.0. The van der Waals surface area contributed by atoms with Gasteiger partial charge in [-0.2, -0.15) is 0 Å². The fraction of sp³-hybridized carbons (Fsp3) is 0.179. The maximum absolute atomic E-state index is 13.7. The first-order valence-corrected chi connectivity index (χ1v) is 12.7. The number of aryl methyl sites for hydroxylation is 1. The van der Waals surface area contributed by atoms with Crippen LogP contribution in [0.1, 0.15) is 36.8 Å². The number of nitro groups is 1. The van der Waals surface area contributed by atoms with E-state index in [1.165, 1.54) is 22.0 Å². The van der Waals surface area contributed by atoms with Gasteiger partial charge >= 0.3 is 5.97 Å². The summed E-state index contributed by atoms with van der Waals surface area (Å²) in [6, 6.07) is 16.8. The van der Waals surface area contributed by atoms with Crippen molar-refractivity contribution in [3.8, 4) is 11.3 Å². The van der Waals surface area contributed by atoms with E-state index in [1.54, 1.807) is 51.1 Å². The fourth-order valence-electron chi connectivity index (χ4n) is 4.45. The van der Waals surface area contributed by atoms with E-state index in [4.69, 9.17) is 9.15 Å². The van der Waals surface area contributed by atoms with Crippen LogP contribution in [0.2, 0.25) is 0 Å². The Morgan fingerprint density at radius 1 is 1.18 bits per heavy atom. The summed E-state index contributed by atoms with van der Waals surface area (Å²) in [5.41, 5.74) is 2.26. The van der Waals surface area contributed by atoms with E-state index in [0.29, 0.717) is 37.7 Å². The molecule has 1 aliphatic rings. The Morgan fingerprint density at radius 3 is 2.66 bits per heavy atom. The molecule has 3 heterocycles. The van der Waals surface area contributed by atoms with E-state index in [2.05, 4.69) is 4.99 Å². The molecule has 1 aliphatic heterocycles. The van der Waals surface area contributed by atoms with Gasteiger partial charge in [-0.1, -0.05) is 47.7 Å². The quantitative estimate of drug-likeness (QED) is 0.209. The van der Waals surface area contributed by atoms with Crippen LogP contribution in [0, 0.1) is 17.0 Å². The van der Waals surface area contributed by atoms with E-state index in [-0.39, 0.29) is 17.9 Å². The molecule has 1 atom stereocenters. The van der Waals surface area contributed by atoms with Crippen LogP contribution in [0.5, 0.6) is 0 Å². The molecule has 2 aromatic carbocycles. The van der Waals surface area contributed by atoms with Crippen molar-refractivity contribution < 1.29 is 18.9 Å². The zero-order valence-corrected chi connectivity index (χ0v) is 21.7. The highest BCUT2D eigenvalue weighted by molar-refractivity contribution is 7.07. The van der Waals surface area contributed by atoms with Crippen LogP contribution in [0.25, 0.3) is 17.4 Å². The van der Waals surface area contributed by atoms with Gasteiger partial charge in [-0.25, -0.2) is 9.79 Å². The van der Waals surface area contributed by atoms with Crippen LogP contribution in [-0.4, -0.2) is 22.1 Å². The minimum absolute atomic E-state index is 0.0601. The molecule has 9 nitrogen and oxygen atoms in total. The van der Waals surface area contributed by atoms with Gasteiger partial charge in [0.2, 0.25) is 0 Å². The Balaban J connectivity index is 1.63. The summed E-state index contributed by atoms with van der Waals surface area (Å²) in [5, 5.41) is 11.6. The predicted octanol–water partition coefficient (Wildman–Crippen LogP) is 4.27. The van der Waals surface area contributed by atoms with Crippen molar-refractivity contribution in [2.24, 2.45) is 4.99 Å². The number of ether oxygens (including phenoxy) is 1. The highest BCUT2D eigenvalue weighted by Crippen LogP contribution is 2.33. The molecule has 0 aliphatic carbocycles. The number of carbonyl (C=O) groups is 1. The topological polar surface area (TPSA) is 117 Å². The van der Waals surface area contributed by atoms with Crippen molar-refractivity contribution in [2.45, 2.75) is 26.8 Å². The molecule has 0 N–H and O–H groups in total. The Bertz CT molecular complexity index is 1780. The normalized spacial score (nSPS) is 15.2. The van der Waals surface area contributed by atoms with E-state index in [0.717, 1.165) is 11.1 Å². The minimum atomic E-state index is -0.698. The van der Waals surface area contributed by atoms with E-state index < -0.39 is 16.9 Å². The standard InChI is InChI=1S/C28H23N3O6S/c1-4-36-27(33)24-17(3)29-28-30(25(24)18-8-6-5-7-9-18)26(32)23(38-28)15-19-11-13-22(37-19)20-12-10-16(2)14-21(20)31(34)35/h5-15,25H,4H2,1-3H3/b23-15+/t25-/m0/s1. The van der Waals surface area contributed by atoms with Crippen molar-refractivity contribution in [1.29, 1.82) is 0 Å². The molecule has 192 valence electrons. The minimum Gasteiger partial charge on any atom is -0.463 e. The first kappa shape index (κ1) is 25.1. The highest BCUT2D eigenvalue weighted by Gasteiger charge is 2.33. The Hall–Kier alpha value is -4.57. The number of furan rings is 1. The number of hydrogen-bond donors (Lipinski definition) is 0. The summed E-state index contributed by atoms with van der Waals surface area (Å²) in [6.07, 6.45) is 1.58. The number of nitrogens with zero attached hydrogens (tertiary/aromatic N) is 3. The number of nitro benzene ring substituents is 1.